The van der Waals surface area contributed by atoms with Crippen molar-refractivity contribution in [3.05, 3.63) is 36.2 Å². The molecule has 2 aliphatic rings. The molecular weight excluding hydrogens is 318 g/mol. The minimum absolute atomic E-state index is 0. The Kier molecular flexibility index (Phi) is 4.49. The van der Waals surface area contributed by atoms with Crippen LogP contribution < -0.4 is 5.32 Å². The van der Waals surface area contributed by atoms with Gasteiger partial charge in [0.2, 0.25) is 0 Å². The topological polar surface area (TPSA) is 53.4 Å². The van der Waals surface area contributed by atoms with Crippen molar-refractivity contribution in [3.63, 3.8) is 0 Å². The Morgan fingerprint density at radius 2 is 2.14 bits per heavy atom. The summed E-state index contributed by atoms with van der Waals surface area (Å²) in [6.45, 7) is 2.93. The lowest BCUT2D eigenvalue weighted by Gasteiger charge is -2.24. The number of rotatable bonds is 2. The van der Waals surface area contributed by atoms with Gasteiger partial charge in [0.1, 0.15) is 5.03 Å². The van der Waals surface area contributed by atoms with Crippen molar-refractivity contribution in [1.29, 1.82) is 0 Å². The zero-order valence-corrected chi connectivity index (χ0v) is 13.5. The lowest BCUT2D eigenvalue weighted by molar-refractivity contribution is 0.401. The molecule has 5 nitrogen and oxygen atoms in total. The molecule has 22 heavy (non-hydrogen) atoms. The normalized spacial score (nSPS) is 15.4. The van der Waals surface area contributed by atoms with Gasteiger partial charge in [-0.15, -0.1) is 12.4 Å². The zero-order chi connectivity index (χ0) is 14.1. The summed E-state index contributed by atoms with van der Waals surface area (Å²) >= 11 is 1.66. The molecular formula is C15H16ClN5S. The predicted octanol–water partition coefficient (Wildman–Crippen LogP) is 3.34. The van der Waals surface area contributed by atoms with E-state index < -0.39 is 0 Å². The maximum Gasteiger partial charge on any atom is 0.163 e. The molecule has 0 fully saturated rings. The third-order valence-corrected chi connectivity index (χ3v) is 4.60. The van der Waals surface area contributed by atoms with Crippen LogP contribution in [0.5, 0.6) is 0 Å². The van der Waals surface area contributed by atoms with Crippen LogP contribution in [0.25, 0.3) is 0 Å². The molecule has 1 aromatic heterocycles. The van der Waals surface area contributed by atoms with E-state index in [1.54, 1.807) is 24.2 Å². The lowest BCUT2D eigenvalue weighted by Crippen LogP contribution is -2.26. The molecule has 4 rings (SSSR count). The summed E-state index contributed by atoms with van der Waals surface area (Å²) in [6.07, 6.45) is 6.54. The summed E-state index contributed by atoms with van der Waals surface area (Å²) in [5, 5.41) is 4.30. The van der Waals surface area contributed by atoms with Gasteiger partial charge in [0.05, 0.1) is 12.0 Å². The number of anilines is 2. The molecule has 0 saturated carbocycles. The molecule has 114 valence electrons. The number of halogens is 1. The summed E-state index contributed by atoms with van der Waals surface area (Å²) in [7, 11) is 0. The maximum atomic E-state index is 4.35. The van der Waals surface area contributed by atoms with E-state index in [1.165, 1.54) is 10.5 Å². The zero-order valence-electron chi connectivity index (χ0n) is 11.9. The standard InChI is InChI=1S/C15H15N5S.ClH/c1-4-16-10-20(7-1)9-11-2-3-13-12(8-11)19-14-15(21-13)18-6-5-17-14;/h2-3,5-6,8,10H,1,4,7,9H2,(H,17,19);1H. The fraction of sp³-hybridized carbons (Fsp3) is 0.267. The van der Waals surface area contributed by atoms with Gasteiger partial charge in [0.15, 0.2) is 5.82 Å². The minimum Gasteiger partial charge on any atom is -0.359 e. The van der Waals surface area contributed by atoms with Crippen LogP contribution in [0.4, 0.5) is 11.5 Å². The number of aliphatic imine (C=N–C) groups is 1. The molecule has 0 radical (unpaired) electrons. The van der Waals surface area contributed by atoms with Crippen molar-refractivity contribution in [2.45, 2.75) is 22.9 Å². The number of hydrogen-bond donors (Lipinski definition) is 1. The van der Waals surface area contributed by atoms with Crippen molar-refractivity contribution in [2.75, 3.05) is 18.4 Å². The molecule has 3 heterocycles. The van der Waals surface area contributed by atoms with Gasteiger partial charge >= 0.3 is 0 Å². The maximum absolute atomic E-state index is 4.35. The van der Waals surface area contributed by atoms with Crippen LogP contribution in [0, 0.1) is 0 Å². The second-order valence-corrected chi connectivity index (χ2v) is 6.14. The highest BCUT2D eigenvalue weighted by Crippen LogP contribution is 2.42. The fourth-order valence-corrected chi connectivity index (χ4v) is 3.41. The Balaban J connectivity index is 0.00000144. The summed E-state index contributed by atoms with van der Waals surface area (Å²) in [4.78, 5) is 16.5. The number of aromatic nitrogens is 2. The highest BCUT2D eigenvalue weighted by molar-refractivity contribution is 7.99. The number of nitrogens with zero attached hydrogens (tertiary/aromatic N) is 4. The minimum atomic E-state index is 0. The first kappa shape index (κ1) is 15.1. The Morgan fingerprint density at radius 3 is 3.00 bits per heavy atom. The summed E-state index contributed by atoms with van der Waals surface area (Å²) < 4.78 is 0. The molecule has 0 amide bonds. The highest BCUT2D eigenvalue weighted by Gasteiger charge is 2.18. The van der Waals surface area contributed by atoms with E-state index in [-0.39, 0.29) is 12.4 Å². The Labute approximate surface area is 139 Å². The first-order valence-electron chi connectivity index (χ1n) is 7.01. The molecule has 0 spiro atoms. The average Bonchev–Trinajstić information content (AvgIpc) is 2.54. The monoisotopic (exact) mass is 333 g/mol. The van der Waals surface area contributed by atoms with Crippen LogP contribution in [0.3, 0.4) is 0 Å². The van der Waals surface area contributed by atoms with Crippen LogP contribution in [-0.4, -0.2) is 34.3 Å². The van der Waals surface area contributed by atoms with Gasteiger partial charge in [0.25, 0.3) is 0 Å². The predicted molar refractivity (Wildman–Crippen MR) is 91.5 cm³/mol. The second kappa shape index (κ2) is 6.54. The molecule has 1 N–H and O–H groups in total. The Hall–Kier alpha value is -1.79. The third kappa shape index (κ3) is 3.03. The van der Waals surface area contributed by atoms with Gasteiger partial charge in [-0.25, -0.2) is 9.97 Å². The van der Waals surface area contributed by atoms with Crippen molar-refractivity contribution >= 4 is 42.0 Å². The molecule has 1 aromatic carbocycles. The fourth-order valence-electron chi connectivity index (χ4n) is 2.53. The van der Waals surface area contributed by atoms with Crippen LogP contribution in [-0.2, 0) is 6.54 Å². The summed E-state index contributed by atoms with van der Waals surface area (Å²) in [5.74, 6) is 0.840. The molecule has 7 heteroatoms. The van der Waals surface area contributed by atoms with Crippen molar-refractivity contribution in [3.8, 4) is 0 Å². The number of fused-ring (bicyclic) bond motifs is 2. The summed E-state index contributed by atoms with van der Waals surface area (Å²) in [5.41, 5.74) is 2.39. The summed E-state index contributed by atoms with van der Waals surface area (Å²) in [6, 6.07) is 6.53. The Morgan fingerprint density at radius 1 is 1.23 bits per heavy atom. The second-order valence-electron chi connectivity index (χ2n) is 5.11. The smallest absolute Gasteiger partial charge is 0.163 e. The number of hydrogen-bond acceptors (Lipinski definition) is 6. The largest absolute Gasteiger partial charge is 0.359 e. The lowest BCUT2D eigenvalue weighted by atomic mass is 10.1. The molecule has 0 bridgehead atoms. The van der Waals surface area contributed by atoms with E-state index in [0.717, 1.165) is 42.6 Å². The highest BCUT2D eigenvalue weighted by atomic mass is 35.5. The van der Waals surface area contributed by atoms with Gasteiger partial charge < -0.3 is 10.2 Å². The van der Waals surface area contributed by atoms with E-state index in [2.05, 4.69) is 43.4 Å². The first-order chi connectivity index (χ1) is 10.4. The van der Waals surface area contributed by atoms with Crippen LogP contribution >= 0.6 is 24.2 Å². The van der Waals surface area contributed by atoms with Crippen LogP contribution in [0.2, 0.25) is 0 Å². The van der Waals surface area contributed by atoms with Crippen LogP contribution in [0.15, 0.2) is 45.5 Å². The third-order valence-electron chi connectivity index (χ3n) is 3.53. The van der Waals surface area contributed by atoms with Gasteiger partial charge in [-0.2, -0.15) is 0 Å². The average molecular weight is 334 g/mol. The number of nitrogens with one attached hydrogen (secondary N) is 1. The van der Waals surface area contributed by atoms with E-state index in [4.69, 9.17) is 0 Å². The quantitative estimate of drug-likeness (QED) is 0.779. The van der Waals surface area contributed by atoms with Gasteiger partial charge in [0, 0.05) is 36.9 Å². The van der Waals surface area contributed by atoms with Crippen molar-refractivity contribution in [1.82, 2.24) is 14.9 Å². The van der Waals surface area contributed by atoms with Crippen molar-refractivity contribution in [2.24, 2.45) is 4.99 Å². The molecule has 0 saturated heterocycles. The van der Waals surface area contributed by atoms with E-state index >= 15 is 0 Å². The SMILES string of the molecule is C1=NCCCN1Cc1ccc2c(c1)Nc1nccnc1S2.Cl. The van der Waals surface area contributed by atoms with E-state index in [1.807, 2.05) is 6.34 Å². The van der Waals surface area contributed by atoms with E-state index in [0.29, 0.717) is 0 Å². The van der Waals surface area contributed by atoms with Gasteiger partial charge in [-0.1, -0.05) is 17.8 Å². The van der Waals surface area contributed by atoms with E-state index in [9.17, 15) is 0 Å². The molecule has 0 atom stereocenters. The Bertz CT molecular complexity index is 706. The molecule has 2 aromatic rings. The van der Waals surface area contributed by atoms with Crippen molar-refractivity contribution < 1.29 is 0 Å². The first-order valence-corrected chi connectivity index (χ1v) is 7.83. The van der Waals surface area contributed by atoms with Crippen LogP contribution in [0.1, 0.15) is 12.0 Å². The molecule has 0 aliphatic carbocycles. The molecule has 0 unspecified atom stereocenters. The molecule has 2 aliphatic heterocycles. The number of benzene rings is 1. The van der Waals surface area contributed by atoms with Gasteiger partial charge in [-0.3, -0.25) is 4.99 Å². The van der Waals surface area contributed by atoms with Gasteiger partial charge in [-0.05, 0) is 24.1 Å².